The molecule has 0 radical (unpaired) electrons. The number of hydrogen-bond donors (Lipinski definition) is 1. The first-order valence-electron chi connectivity index (χ1n) is 9.31. The van der Waals surface area contributed by atoms with Crippen molar-refractivity contribution in [2.75, 3.05) is 25.0 Å². The fraction of sp³-hybridized carbons (Fsp3) is 0.429. The molecule has 0 unspecified atom stereocenters. The van der Waals surface area contributed by atoms with Gasteiger partial charge in [-0.25, -0.2) is 4.68 Å². The number of nitrogens with zero attached hydrogens (tertiary/aromatic N) is 3. The highest BCUT2D eigenvalue weighted by atomic mass is 16.1. The summed E-state index contributed by atoms with van der Waals surface area (Å²) in [5.74, 6) is 0.701. The van der Waals surface area contributed by atoms with Crippen LogP contribution in [0.1, 0.15) is 48.7 Å². The topological polar surface area (TPSA) is 50.2 Å². The predicted octanol–water partition coefficient (Wildman–Crippen LogP) is 4.05. The first-order valence-corrected chi connectivity index (χ1v) is 9.31. The predicted molar refractivity (Wildman–Crippen MR) is 106 cm³/mol. The van der Waals surface area contributed by atoms with Crippen molar-refractivity contribution in [3.63, 3.8) is 0 Å². The Labute approximate surface area is 155 Å². The van der Waals surface area contributed by atoms with Crippen LogP contribution in [0.15, 0.2) is 48.2 Å². The van der Waals surface area contributed by atoms with Crippen LogP contribution < -0.4 is 5.32 Å². The van der Waals surface area contributed by atoms with Crippen molar-refractivity contribution in [3.8, 4) is 0 Å². The van der Waals surface area contributed by atoms with Gasteiger partial charge in [0.1, 0.15) is 5.82 Å². The van der Waals surface area contributed by atoms with E-state index in [1.165, 1.54) is 5.57 Å². The number of amides is 1. The molecule has 0 spiro atoms. The fourth-order valence-electron chi connectivity index (χ4n) is 3.37. The summed E-state index contributed by atoms with van der Waals surface area (Å²) >= 11 is 0. The maximum Gasteiger partial charge on any atom is 0.257 e. The van der Waals surface area contributed by atoms with Crippen LogP contribution in [0, 0.1) is 6.92 Å². The molecule has 2 heterocycles. The van der Waals surface area contributed by atoms with Crippen LogP contribution in [0.5, 0.6) is 0 Å². The van der Waals surface area contributed by atoms with E-state index >= 15 is 0 Å². The first kappa shape index (κ1) is 18.4. The van der Waals surface area contributed by atoms with Gasteiger partial charge in [-0.2, -0.15) is 5.10 Å². The molecule has 3 rings (SSSR count). The summed E-state index contributed by atoms with van der Waals surface area (Å²) in [6.45, 7) is 9.36. The third kappa shape index (κ3) is 4.41. The molecule has 1 fully saturated rings. The Morgan fingerprint density at radius 2 is 1.96 bits per heavy atom. The smallest absolute Gasteiger partial charge is 0.257 e. The summed E-state index contributed by atoms with van der Waals surface area (Å²) in [5, 5.41) is 7.51. The summed E-state index contributed by atoms with van der Waals surface area (Å²) in [6.07, 6.45) is 6.14. The molecule has 5 nitrogen and oxygen atoms in total. The van der Waals surface area contributed by atoms with E-state index in [2.05, 4.69) is 35.2 Å². The highest BCUT2D eigenvalue weighted by Crippen LogP contribution is 2.25. The molecule has 26 heavy (non-hydrogen) atoms. The van der Waals surface area contributed by atoms with Gasteiger partial charge in [-0.1, -0.05) is 29.8 Å². The normalized spacial score (nSPS) is 15.7. The minimum atomic E-state index is -0.0779. The molecule has 0 atom stereocenters. The number of hydrogen-bond acceptors (Lipinski definition) is 3. The SMILES string of the molecule is CC(C)=CCN1CCC(n2nccc2NC(=O)c2ccccc2C)CC1. The third-order valence-corrected chi connectivity index (χ3v) is 4.96. The lowest BCUT2D eigenvalue weighted by Gasteiger charge is -2.32. The summed E-state index contributed by atoms with van der Waals surface area (Å²) in [6, 6.07) is 9.86. The van der Waals surface area contributed by atoms with Crippen molar-refractivity contribution in [1.82, 2.24) is 14.7 Å². The second-order valence-corrected chi connectivity index (χ2v) is 7.24. The molecule has 1 amide bonds. The van der Waals surface area contributed by atoms with Crippen molar-refractivity contribution >= 4 is 11.7 Å². The summed E-state index contributed by atoms with van der Waals surface area (Å²) < 4.78 is 1.98. The van der Waals surface area contributed by atoms with Crippen LogP contribution in [0.3, 0.4) is 0 Å². The van der Waals surface area contributed by atoms with Gasteiger partial charge in [-0.15, -0.1) is 0 Å². The summed E-state index contributed by atoms with van der Waals surface area (Å²) in [4.78, 5) is 15.1. The fourth-order valence-corrected chi connectivity index (χ4v) is 3.37. The van der Waals surface area contributed by atoms with Crippen molar-refractivity contribution in [1.29, 1.82) is 0 Å². The number of anilines is 1. The Balaban J connectivity index is 1.64. The average Bonchev–Trinajstić information content (AvgIpc) is 3.08. The third-order valence-electron chi connectivity index (χ3n) is 4.96. The highest BCUT2D eigenvalue weighted by molar-refractivity contribution is 6.04. The van der Waals surface area contributed by atoms with Gasteiger partial charge in [0.15, 0.2) is 0 Å². The Morgan fingerprint density at radius 3 is 2.65 bits per heavy atom. The van der Waals surface area contributed by atoms with Gasteiger partial charge < -0.3 is 5.32 Å². The zero-order chi connectivity index (χ0) is 18.5. The molecule has 1 aromatic carbocycles. The Morgan fingerprint density at radius 1 is 1.23 bits per heavy atom. The summed E-state index contributed by atoms with van der Waals surface area (Å²) in [5.41, 5.74) is 3.04. The molecule has 1 aliphatic heterocycles. The second-order valence-electron chi connectivity index (χ2n) is 7.24. The lowest BCUT2D eigenvalue weighted by atomic mass is 10.1. The number of likely N-dealkylation sites (tertiary alicyclic amines) is 1. The lowest BCUT2D eigenvalue weighted by Crippen LogP contribution is -2.35. The molecule has 0 saturated carbocycles. The van der Waals surface area contributed by atoms with Gasteiger partial charge in [0.25, 0.3) is 5.91 Å². The van der Waals surface area contributed by atoms with Gasteiger partial charge in [-0.05, 0) is 45.2 Å². The number of allylic oxidation sites excluding steroid dienone is 1. The Kier molecular flexibility index (Phi) is 5.89. The van der Waals surface area contributed by atoms with Crippen LogP contribution in [0.2, 0.25) is 0 Å². The summed E-state index contributed by atoms with van der Waals surface area (Å²) in [7, 11) is 0. The van der Waals surface area contributed by atoms with E-state index in [4.69, 9.17) is 0 Å². The van der Waals surface area contributed by atoms with Crippen molar-refractivity contribution in [2.24, 2.45) is 0 Å². The molecule has 0 aliphatic carbocycles. The lowest BCUT2D eigenvalue weighted by molar-refractivity contribution is 0.102. The van der Waals surface area contributed by atoms with E-state index in [-0.39, 0.29) is 5.91 Å². The molecule has 5 heteroatoms. The number of benzene rings is 1. The van der Waals surface area contributed by atoms with Gasteiger partial charge >= 0.3 is 0 Å². The van der Waals surface area contributed by atoms with E-state index < -0.39 is 0 Å². The average molecular weight is 352 g/mol. The molecular formula is C21H28N4O. The van der Waals surface area contributed by atoms with Crippen molar-refractivity contribution < 1.29 is 4.79 Å². The largest absolute Gasteiger partial charge is 0.307 e. The van der Waals surface area contributed by atoms with Crippen LogP contribution >= 0.6 is 0 Å². The molecule has 0 bridgehead atoms. The molecule has 138 valence electrons. The van der Waals surface area contributed by atoms with Gasteiger partial charge in [-0.3, -0.25) is 9.69 Å². The Bertz CT molecular complexity index is 781. The highest BCUT2D eigenvalue weighted by Gasteiger charge is 2.23. The van der Waals surface area contributed by atoms with Crippen LogP contribution in [-0.4, -0.2) is 40.2 Å². The number of carbonyl (C=O) groups excluding carboxylic acids is 1. The monoisotopic (exact) mass is 352 g/mol. The number of carbonyl (C=O) groups is 1. The molecule has 1 aliphatic rings. The zero-order valence-electron chi connectivity index (χ0n) is 15.9. The number of nitrogens with one attached hydrogen (secondary N) is 1. The van der Waals surface area contributed by atoms with Crippen molar-refractivity contribution in [2.45, 2.75) is 39.7 Å². The van der Waals surface area contributed by atoms with Gasteiger partial charge in [0, 0.05) is 31.3 Å². The molecule has 2 aromatic rings. The van der Waals surface area contributed by atoms with E-state index in [1.807, 2.05) is 41.9 Å². The van der Waals surface area contributed by atoms with Crippen molar-refractivity contribution in [3.05, 3.63) is 59.3 Å². The van der Waals surface area contributed by atoms with E-state index in [1.54, 1.807) is 6.20 Å². The number of aromatic nitrogens is 2. The Hall–Kier alpha value is -2.40. The van der Waals surface area contributed by atoms with Gasteiger partial charge in [0.2, 0.25) is 0 Å². The molecule has 1 saturated heterocycles. The zero-order valence-corrected chi connectivity index (χ0v) is 15.9. The standard InChI is InChI=1S/C21H28N4O/c1-16(2)9-13-24-14-10-18(11-15-24)25-20(8-12-22-25)23-21(26)19-7-5-4-6-17(19)3/h4-9,12,18H,10-11,13-15H2,1-3H3,(H,23,26). The van der Waals surface area contributed by atoms with Gasteiger partial charge in [0.05, 0.1) is 12.2 Å². The molecular weight excluding hydrogens is 324 g/mol. The van der Waals surface area contributed by atoms with Crippen LogP contribution in [0.4, 0.5) is 5.82 Å². The van der Waals surface area contributed by atoms with Crippen LogP contribution in [-0.2, 0) is 0 Å². The van der Waals surface area contributed by atoms with E-state index in [9.17, 15) is 4.79 Å². The quantitative estimate of drug-likeness (QED) is 0.826. The molecule has 1 aromatic heterocycles. The second kappa shape index (κ2) is 8.32. The number of piperidine rings is 1. The van der Waals surface area contributed by atoms with E-state index in [0.29, 0.717) is 11.6 Å². The molecule has 1 N–H and O–H groups in total. The van der Waals surface area contributed by atoms with Crippen LogP contribution in [0.25, 0.3) is 0 Å². The maximum absolute atomic E-state index is 12.6. The minimum absolute atomic E-state index is 0.0779. The number of aryl methyl sites for hydroxylation is 1. The first-order chi connectivity index (χ1) is 12.5. The van der Waals surface area contributed by atoms with E-state index in [0.717, 1.165) is 43.9 Å². The minimum Gasteiger partial charge on any atom is -0.307 e. The number of rotatable bonds is 5. The maximum atomic E-state index is 12.6.